The van der Waals surface area contributed by atoms with Gasteiger partial charge in [-0.05, 0) is 0 Å². The van der Waals surface area contributed by atoms with Crippen molar-refractivity contribution >= 4 is 51.6 Å². The molecule has 1 aromatic heterocycles. The molecule has 190 valence electrons. The number of rotatable bonds is 2. The summed E-state index contributed by atoms with van der Waals surface area (Å²) in [5.41, 5.74) is 5.51. The van der Waals surface area contributed by atoms with Gasteiger partial charge in [-0.2, -0.15) is 0 Å². The lowest BCUT2D eigenvalue weighted by Crippen LogP contribution is -2.44. The first-order chi connectivity index (χ1) is 19.7. The molecule has 3 N–H and O–H groups in total. The van der Waals surface area contributed by atoms with Crippen LogP contribution in [-0.2, 0) is 0 Å². The number of aromatic nitrogens is 1. The third kappa shape index (κ3) is 3.23. The molecule has 0 radical (unpaired) electrons. The number of fused-ring (bicyclic) bond motifs is 15. The highest BCUT2D eigenvalue weighted by Gasteiger charge is 2.32. The van der Waals surface area contributed by atoms with Gasteiger partial charge < -0.3 is 15.6 Å². The second-order valence-electron chi connectivity index (χ2n) is 9.68. The van der Waals surface area contributed by atoms with Crippen molar-refractivity contribution in [1.82, 2.24) is 15.6 Å². The molecular formula is C32H22N8. The van der Waals surface area contributed by atoms with E-state index in [1.807, 2.05) is 78.9 Å². The van der Waals surface area contributed by atoms with Gasteiger partial charge in [-0.15, -0.1) is 0 Å². The van der Waals surface area contributed by atoms with Crippen LogP contribution in [0.1, 0.15) is 22.3 Å². The second-order valence-corrected chi connectivity index (χ2v) is 9.68. The lowest BCUT2D eigenvalue weighted by atomic mass is 10.1. The number of H-pyrrole nitrogens is 1. The summed E-state index contributed by atoms with van der Waals surface area (Å²) < 4.78 is 0. The molecule has 0 spiro atoms. The fourth-order valence-corrected chi connectivity index (χ4v) is 5.58. The Bertz CT molecular complexity index is 2000. The van der Waals surface area contributed by atoms with Gasteiger partial charge in [0, 0.05) is 44.2 Å². The van der Waals surface area contributed by atoms with Crippen LogP contribution in [0.5, 0.6) is 0 Å². The van der Waals surface area contributed by atoms with Crippen molar-refractivity contribution in [1.29, 1.82) is 0 Å². The zero-order valence-electron chi connectivity index (χ0n) is 21.3. The van der Waals surface area contributed by atoms with Gasteiger partial charge in [-0.1, -0.05) is 98.1 Å². The van der Waals surface area contributed by atoms with E-state index in [-0.39, 0.29) is 6.17 Å². The number of amidine groups is 5. The third-order valence-corrected chi connectivity index (χ3v) is 7.45. The molecule has 0 saturated carbocycles. The number of hydrogen-bond acceptors (Lipinski definition) is 7. The van der Waals surface area contributed by atoms with Crippen LogP contribution in [0.4, 0.5) is 11.6 Å². The van der Waals surface area contributed by atoms with Crippen LogP contribution >= 0.6 is 0 Å². The maximum absolute atomic E-state index is 5.02. The maximum Gasteiger partial charge on any atom is 0.164 e. The van der Waals surface area contributed by atoms with Gasteiger partial charge in [0.1, 0.15) is 29.5 Å². The van der Waals surface area contributed by atoms with Crippen molar-refractivity contribution in [2.45, 2.75) is 6.17 Å². The summed E-state index contributed by atoms with van der Waals surface area (Å²) in [6.45, 7) is 8.13. The topological polar surface area (TPSA) is 102 Å². The number of nitrogens with zero attached hydrogens (tertiary/aromatic N) is 5. The monoisotopic (exact) mass is 518 g/mol. The summed E-state index contributed by atoms with van der Waals surface area (Å²) in [4.78, 5) is 28.3. The molecule has 0 saturated heterocycles. The molecule has 4 aliphatic rings. The van der Waals surface area contributed by atoms with Gasteiger partial charge in [0.2, 0.25) is 0 Å². The van der Waals surface area contributed by atoms with Crippen LogP contribution in [-0.4, -0.2) is 40.3 Å². The van der Waals surface area contributed by atoms with Crippen molar-refractivity contribution in [3.63, 3.8) is 0 Å². The minimum Gasteiger partial charge on any atom is -0.346 e. The molecule has 1 atom stereocenters. The molecule has 0 fully saturated rings. The van der Waals surface area contributed by atoms with E-state index in [1.54, 1.807) is 6.08 Å². The molecule has 8 nitrogen and oxygen atoms in total. The quantitative estimate of drug-likeness (QED) is 0.329. The summed E-state index contributed by atoms with van der Waals surface area (Å²) in [6.07, 6.45) is 3.28. The normalized spacial score (nSPS) is 22.4. The lowest BCUT2D eigenvalue weighted by molar-refractivity contribution is 0.685. The second kappa shape index (κ2) is 8.44. The average Bonchev–Trinajstić information content (AvgIpc) is 3.71. The fourth-order valence-electron chi connectivity index (χ4n) is 5.58. The molecule has 0 aliphatic carbocycles. The molecule has 3 aromatic carbocycles. The first-order valence-corrected chi connectivity index (χ1v) is 13.0. The lowest BCUT2D eigenvalue weighted by Gasteiger charge is -2.17. The molecule has 0 amide bonds. The van der Waals surface area contributed by atoms with E-state index in [0.29, 0.717) is 40.8 Å². The van der Waals surface area contributed by atoms with Crippen LogP contribution < -0.4 is 10.6 Å². The molecule has 1 unspecified atom stereocenters. The molecule has 40 heavy (non-hydrogen) atoms. The van der Waals surface area contributed by atoms with Gasteiger partial charge in [0.05, 0.1) is 0 Å². The van der Waals surface area contributed by atoms with Crippen LogP contribution in [0.15, 0.2) is 134 Å². The van der Waals surface area contributed by atoms with E-state index < -0.39 is 0 Å². The van der Waals surface area contributed by atoms with Crippen LogP contribution in [0.3, 0.4) is 0 Å². The van der Waals surface area contributed by atoms with Crippen molar-refractivity contribution in [2.75, 3.05) is 0 Å². The maximum atomic E-state index is 5.02. The number of aliphatic imine (C=N–C) groups is 5. The van der Waals surface area contributed by atoms with Crippen LogP contribution in [0.2, 0.25) is 0 Å². The first kappa shape index (κ1) is 22.4. The van der Waals surface area contributed by atoms with Crippen molar-refractivity contribution in [3.05, 3.63) is 132 Å². The average molecular weight is 519 g/mol. The van der Waals surface area contributed by atoms with Crippen molar-refractivity contribution < 1.29 is 0 Å². The summed E-state index contributed by atoms with van der Waals surface area (Å²) in [5, 5.41) is 8.98. The predicted octanol–water partition coefficient (Wildman–Crippen LogP) is 5.44. The molecular weight excluding hydrogens is 496 g/mol. The zero-order valence-corrected chi connectivity index (χ0v) is 21.3. The Labute approximate surface area is 229 Å². The molecule has 8 bridgehead atoms. The highest BCUT2D eigenvalue weighted by molar-refractivity contribution is 6.27. The van der Waals surface area contributed by atoms with Gasteiger partial charge in [-0.3, -0.25) is 0 Å². The van der Waals surface area contributed by atoms with Crippen molar-refractivity contribution in [2.24, 2.45) is 25.0 Å². The number of nitrogens with one attached hydrogen (secondary N) is 3. The Balaban J connectivity index is 1.43. The highest BCUT2D eigenvalue weighted by atomic mass is 15.2. The largest absolute Gasteiger partial charge is 0.346 e. The van der Waals surface area contributed by atoms with E-state index in [9.17, 15) is 0 Å². The van der Waals surface area contributed by atoms with Gasteiger partial charge >= 0.3 is 0 Å². The van der Waals surface area contributed by atoms with E-state index in [0.717, 1.165) is 44.2 Å². The smallest absolute Gasteiger partial charge is 0.164 e. The first-order valence-electron chi connectivity index (χ1n) is 13.0. The molecule has 5 heterocycles. The molecule has 4 aromatic rings. The molecule has 4 aliphatic heterocycles. The van der Waals surface area contributed by atoms with E-state index in [4.69, 9.17) is 25.0 Å². The SMILES string of the molecule is C=CC1=C(C=C)C2NC3=N/C(=N\c4[nH]c(c5ccccc45)/N=C4N=C(/N=C/1N2)c1ccccc1\4)c1ccccc13. The minimum atomic E-state index is -0.327. The summed E-state index contributed by atoms with van der Waals surface area (Å²) in [5.74, 6) is 4.50. The fraction of sp³-hybridized carbons (Fsp3) is 0.0312. The Morgan fingerprint density at radius 3 is 1.68 bits per heavy atom. The number of hydrogen-bond donors (Lipinski definition) is 3. The number of aromatic amines is 1. The van der Waals surface area contributed by atoms with Crippen LogP contribution in [0, 0.1) is 0 Å². The predicted molar refractivity (Wildman–Crippen MR) is 162 cm³/mol. The molecule has 8 rings (SSSR count). The van der Waals surface area contributed by atoms with Crippen molar-refractivity contribution in [3.8, 4) is 0 Å². The van der Waals surface area contributed by atoms with Gasteiger partial charge in [-0.25, -0.2) is 25.0 Å². The number of benzene rings is 3. The summed E-state index contributed by atoms with van der Waals surface area (Å²) in [7, 11) is 0. The highest BCUT2D eigenvalue weighted by Crippen LogP contribution is 2.36. The van der Waals surface area contributed by atoms with E-state index >= 15 is 0 Å². The Morgan fingerprint density at radius 2 is 1.05 bits per heavy atom. The zero-order chi connectivity index (χ0) is 26.8. The molecule has 8 heteroatoms. The Kier molecular flexibility index (Phi) is 4.72. The minimum absolute atomic E-state index is 0.327. The van der Waals surface area contributed by atoms with Gasteiger partial charge in [0.15, 0.2) is 17.5 Å². The summed E-state index contributed by atoms with van der Waals surface area (Å²) >= 11 is 0. The standard InChI is InChI=1S/C32H22N8/c1-3-17-18(4-2)26-33-25(17)34-27-19-11-5-7-13-21(19)29(36-27)38-31-23-15-9-10-16-24(23)32(40-31)39-30-22-14-8-6-12-20(22)28(35-26)37-30/h3-16,25,40H,1-2H2,(H,34,36,38)(H,33,35,37,39). The van der Waals surface area contributed by atoms with Gasteiger partial charge in [0.25, 0.3) is 0 Å². The third-order valence-electron chi connectivity index (χ3n) is 7.45. The Morgan fingerprint density at radius 1 is 0.550 bits per heavy atom. The Hall–Kier alpha value is -5.63. The summed E-state index contributed by atoms with van der Waals surface area (Å²) in [6, 6.07) is 24.1. The van der Waals surface area contributed by atoms with Crippen LogP contribution in [0.25, 0.3) is 10.8 Å². The van der Waals surface area contributed by atoms with E-state index in [1.165, 1.54) is 0 Å². The van der Waals surface area contributed by atoms with E-state index in [2.05, 4.69) is 28.8 Å².